The van der Waals surface area contributed by atoms with Crippen LogP contribution in [0.1, 0.15) is 11.5 Å². The highest BCUT2D eigenvalue weighted by molar-refractivity contribution is 7.98. The molecule has 0 fully saturated rings. The first-order valence-corrected chi connectivity index (χ1v) is 11.9. The Morgan fingerprint density at radius 3 is 2.44 bits per heavy atom. The summed E-state index contributed by atoms with van der Waals surface area (Å²) in [6, 6.07) is 23.3. The molecule has 0 aliphatic heterocycles. The van der Waals surface area contributed by atoms with Crippen molar-refractivity contribution in [2.75, 3.05) is 7.11 Å². The summed E-state index contributed by atoms with van der Waals surface area (Å²) in [5.41, 5.74) is 3.79. The van der Waals surface area contributed by atoms with Gasteiger partial charge >= 0.3 is 0 Å². The lowest BCUT2D eigenvalue weighted by atomic mass is 10.1. The summed E-state index contributed by atoms with van der Waals surface area (Å²) in [7, 11) is 1.65. The van der Waals surface area contributed by atoms with Crippen molar-refractivity contribution in [3.63, 3.8) is 0 Å². The number of aryl methyl sites for hydroxylation is 1. The molecule has 3 aromatic carbocycles. The van der Waals surface area contributed by atoms with Crippen LogP contribution < -0.4 is 4.74 Å². The first-order chi connectivity index (χ1) is 16.6. The topological polar surface area (TPSA) is 78.9 Å². The van der Waals surface area contributed by atoms with E-state index >= 15 is 0 Å². The fourth-order valence-electron chi connectivity index (χ4n) is 3.44. The lowest BCUT2D eigenvalue weighted by Gasteiger charge is -2.12. The number of hydrogen-bond donors (Lipinski definition) is 0. The molecule has 0 amide bonds. The molecule has 0 aliphatic rings. The van der Waals surface area contributed by atoms with Gasteiger partial charge in [-0.05, 0) is 55.5 Å². The number of ether oxygens (including phenoxy) is 1. The van der Waals surface area contributed by atoms with Gasteiger partial charge in [-0.15, -0.1) is 20.4 Å². The van der Waals surface area contributed by atoms with Gasteiger partial charge in [0.25, 0.3) is 0 Å². The number of benzene rings is 3. The quantitative estimate of drug-likeness (QED) is 0.250. The summed E-state index contributed by atoms with van der Waals surface area (Å²) in [5.74, 6) is 2.80. The number of methoxy groups -OCH3 is 1. The van der Waals surface area contributed by atoms with E-state index in [0.717, 1.165) is 22.6 Å². The van der Waals surface area contributed by atoms with Gasteiger partial charge in [-0.2, -0.15) is 0 Å². The fourth-order valence-corrected chi connectivity index (χ4v) is 4.36. The molecule has 5 aromatic rings. The largest absolute Gasteiger partial charge is 0.496 e. The minimum Gasteiger partial charge on any atom is -0.496 e. The molecule has 0 aliphatic carbocycles. The smallest absolute Gasteiger partial charge is 0.247 e. The molecule has 0 saturated carbocycles. The van der Waals surface area contributed by atoms with Crippen molar-refractivity contribution in [2.24, 2.45) is 0 Å². The van der Waals surface area contributed by atoms with Gasteiger partial charge in [-0.25, -0.2) is 0 Å². The predicted molar refractivity (Wildman–Crippen MR) is 132 cm³/mol. The van der Waals surface area contributed by atoms with Crippen LogP contribution in [0.4, 0.5) is 0 Å². The van der Waals surface area contributed by atoms with E-state index in [2.05, 4.69) is 39.5 Å². The summed E-state index contributed by atoms with van der Waals surface area (Å²) < 4.78 is 13.4. The maximum atomic E-state index is 5.97. The van der Waals surface area contributed by atoms with Crippen LogP contribution >= 0.6 is 23.4 Å². The van der Waals surface area contributed by atoms with Crippen LogP contribution in [0.5, 0.6) is 5.75 Å². The molecule has 0 bridgehead atoms. The number of aromatic nitrogens is 5. The fraction of sp³-hybridized carbons (Fsp3) is 0.120. The lowest BCUT2D eigenvalue weighted by Crippen LogP contribution is -2.01. The molecule has 9 heteroatoms. The zero-order valence-electron chi connectivity index (χ0n) is 18.5. The van der Waals surface area contributed by atoms with Gasteiger partial charge in [0.1, 0.15) is 5.75 Å². The second kappa shape index (κ2) is 9.70. The van der Waals surface area contributed by atoms with Crippen LogP contribution in [0.2, 0.25) is 5.02 Å². The van der Waals surface area contributed by atoms with Crippen molar-refractivity contribution in [3.05, 3.63) is 89.3 Å². The number of hydrogen-bond acceptors (Lipinski definition) is 7. The number of halogens is 1. The van der Waals surface area contributed by atoms with E-state index in [9.17, 15) is 0 Å². The molecule has 34 heavy (non-hydrogen) atoms. The van der Waals surface area contributed by atoms with Gasteiger partial charge in [0, 0.05) is 16.3 Å². The average Bonchev–Trinajstić information content (AvgIpc) is 3.51. The van der Waals surface area contributed by atoms with Crippen LogP contribution in [-0.2, 0) is 5.75 Å². The van der Waals surface area contributed by atoms with Crippen LogP contribution in [0.15, 0.2) is 82.4 Å². The molecular formula is C25H20ClN5O2S. The first-order valence-electron chi connectivity index (χ1n) is 10.5. The minimum absolute atomic E-state index is 0.441. The third-order valence-corrected chi connectivity index (χ3v) is 6.32. The monoisotopic (exact) mass is 489 g/mol. The van der Waals surface area contributed by atoms with Crippen molar-refractivity contribution in [1.29, 1.82) is 0 Å². The molecule has 0 spiro atoms. The first kappa shape index (κ1) is 22.2. The molecule has 0 radical (unpaired) electrons. The molecule has 170 valence electrons. The Hall–Kier alpha value is -3.62. The van der Waals surface area contributed by atoms with Gasteiger partial charge in [0.2, 0.25) is 11.8 Å². The molecule has 2 aromatic heterocycles. The SMILES string of the molecule is COc1ccccc1-c1nnc(SCc2nnc(-c3ccc(Cl)cc3)o2)n1-c1ccc(C)cc1. The van der Waals surface area contributed by atoms with Crippen LogP contribution in [0.25, 0.3) is 28.5 Å². The van der Waals surface area contributed by atoms with E-state index in [-0.39, 0.29) is 0 Å². The van der Waals surface area contributed by atoms with E-state index in [1.807, 2.05) is 53.1 Å². The number of thioether (sulfide) groups is 1. The molecule has 2 heterocycles. The van der Waals surface area contributed by atoms with Gasteiger partial charge < -0.3 is 9.15 Å². The molecule has 0 atom stereocenters. The zero-order valence-corrected chi connectivity index (χ0v) is 20.0. The number of nitrogens with zero attached hydrogens (tertiary/aromatic N) is 5. The van der Waals surface area contributed by atoms with Crippen molar-refractivity contribution in [1.82, 2.24) is 25.0 Å². The summed E-state index contributed by atoms with van der Waals surface area (Å²) in [5, 5.41) is 18.7. The van der Waals surface area contributed by atoms with E-state index < -0.39 is 0 Å². The number of para-hydroxylation sites is 1. The summed E-state index contributed by atoms with van der Waals surface area (Å²) in [4.78, 5) is 0. The van der Waals surface area contributed by atoms with Crippen LogP contribution in [0.3, 0.4) is 0 Å². The highest BCUT2D eigenvalue weighted by Crippen LogP contribution is 2.34. The second-order valence-corrected chi connectivity index (χ2v) is 8.85. The normalized spacial score (nSPS) is 11.0. The third-order valence-electron chi connectivity index (χ3n) is 5.16. The second-order valence-electron chi connectivity index (χ2n) is 7.47. The zero-order chi connectivity index (χ0) is 23.5. The summed E-state index contributed by atoms with van der Waals surface area (Å²) in [6.07, 6.45) is 0. The van der Waals surface area contributed by atoms with Gasteiger partial charge in [0.15, 0.2) is 11.0 Å². The van der Waals surface area contributed by atoms with Crippen molar-refractivity contribution < 1.29 is 9.15 Å². The van der Waals surface area contributed by atoms with E-state index in [4.69, 9.17) is 20.8 Å². The van der Waals surface area contributed by atoms with Crippen LogP contribution in [0, 0.1) is 6.92 Å². The Balaban J connectivity index is 1.47. The standard InChI is InChI=1S/C25H20ClN5O2S/c1-16-7-13-19(14-8-16)31-23(20-5-3-4-6-21(20)32-2)28-30-25(31)34-15-22-27-29-24(33-22)17-9-11-18(26)12-10-17/h3-14H,15H2,1-2H3. The van der Waals surface area contributed by atoms with Gasteiger partial charge in [-0.3, -0.25) is 4.57 Å². The molecule has 0 unspecified atom stereocenters. The molecule has 0 saturated heterocycles. The maximum Gasteiger partial charge on any atom is 0.247 e. The van der Waals surface area contributed by atoms with E-state index in [1.165, 1.54) is 17.3 Å². The molecular weight excluding hydrogens is 470 g/mol. The minimum atomic E-state index is 0.441. The summed E-state index contributed by atoms with van der Waals surface area (Å²) in [6.45, 7) is 2.06. The molecule has 0 N–H and O–H groups in total. The molecule has 5 rings (SSSR count). The number of rotatable bonds is 7. The van der Waals surface area contributed by atoms with Crippen molar-refractivity contribution >= 4 is 23.4 Å². The Morgan fingerprint density at radius 2 is 1.68 bits per heavy atom. The van der Waals surface area contributed by atoms with Gasteiger partial charge in [-0.1, -0.05) is 53.2 Å². The van der Waals surface area contributed by atoms with E-state index in [0.29, 0.717) is 33.5 Å². The Kier molecular flexibility index (Phi) is 6.33. The average molecular weight is 490 g/mol. The van der Waals surface area contributed by atoms with E-state index in [1.54, 1.807) is 19.2 Å². The maximum absolute atomic E-state index is 5.97. The Bertz CT molecular complexity index is 1410. The van der Waals surface area contributed by atoms with Crippen molar-refractivity contribution in [3.8, 4) is 34.3 Å². The Morgan fingerprint density at radius 1 is 0.912 bits per heavy atom. The van der Waals surface area contributed by atoms with Crippen molar-refractivity contribution in [2.45, 2.75) is 17.8 Å². The Labute approximate surface area is 205 Å². The highest BCUT2D eigenvalue weighted by atomic mass is 35.5. The van der Waals surface area contributed by atoms with Gasteiger partial charge in [0.05, 0.1) is 18.4 Å². The lowest BCUT2D eigenvalue weighted by molar-refractivity contribution is 0.416. The predicted octanol–water partition coefficient (Wildman–Crippen LogP) is 6.25. The highest BCUT2D eigenvalue weighted by Gasteiger charge is 2.20. The molecule has 7 nitrogen and oxygen atoms in total. The van der Waals surface area contributed by atoms with Crippen LogP contribution in [-0.4, -0.2) is 32.1 Å². The third kappa shape index (κ3) is 4.55. The summed E-state index contributed by atoms with van der Waals surface area (Å²) >= 11 is 7.44.